The van der Waals surface area contributed by atoms with E-state index in [-0.39, 0.29) is 22.4 Å². The van der Waals surface area contributed by atoms with Gasteiger partial charge in [-0.1, -0.05) is 0 Å². The van der Waals surface area contributed by atoms with Gasteiger partial charge in [0.2, 0.25) is 11.3 Å². The molecule has 32 heavy (non-hydrogen) atoms. The van der Waals surface area contributed by atoms with Crippen LogP contribution in [-0.4, -0.2) is 25.9 Å². The second-order valence-corrected chi connectivity index (χ2v) is 7.07. The number of fused-ring (bicyclic) bond motifs is 1. The summed E-state index contributed by atoms with van der Waals surface area (Å²) >= 11 is 0. The number of hydrogen-bond donors (Lipinski definition) is 1. The van der Waals surface area contributed by atoms with E-state index in [1.165, 1.54) is 4.68 Å². The number of hydrogen-bond acceptors (Lipinski definition) is 5. The third kappa shape index (κ3) is 4.86. The molecule has 2 aromatic heterocycles. The molecule has 0 radical (unpaired) electrons. The molecule has 0 aliphatic rings. The van der Waals surface area contributed by atoms with Gasteiger partial charge in [-0.05, 0) is 44.2 Å². The topological polar surface area (TPSA) is 89.8 Å². The molecule has 170 valence electrons. The van der Waals surface area contributed by atoms with Gasteiger partial charge in [-0.25, -0.2) is 0 Å². The zero-order valence-electron chi connectivity index (χ0n) is 16.5. The van der Waals surface area contributed by atoms with Gasteiger partial charge in [0.05, 0.1) is 17.5 Å². The maximum absolute atomic E-state index is 13.1. The van der Waals surface area contributed by atoms with Crippen molar-refractivity contribution in [3.05, 3.63) is 57.5 Å². The van der Waals surface area contributed by atoms with Gasteiger partial charge in [-0.15, -0.1) is 10.2 Å². The number of amides is 1. The van der Waals surface area contributed by atoms with E-state index in [1.807, 2.05) is 0 Å². The number of carbonyl (C=O) groups is 1. The number of anilines is 1. The van der Waals surface area contributed by atoms with E-state index < -0.39 is 47.4 Å². The number of rotatable bonds is 4. The normalized spacial score (nSPS) is 12.4. The van der Waals surface area contributed by atoms with Gasteiger partial charge in [-0.3, -0.25) is 14.3 Å². The van der Waals surface area contributed by atoms with E-state index in [0.29, 0.717) is 6.07 Å². The van der Waals surface area contributed by atoms with E-state index in [4.69, 9.17) is 0 Å². The Labute approximate surface area is 176 Å². The summed E-state index contributed by atoms with van der Waals surface area (Å²) in [4.78, 5) is 25.0. The Morgan fingerprint density at radius 2 is 1.72 bits per heavy atom. The Balaban J connectivity index is 1.92. The predicted octanol–water partition coefficient (Wildman–Crippen LogP) is 3.99. The van der Waals surface area contributed by atoms with Crippen molar-refractivity contribution in [2.45, 2.75) is 38.7 Å². The monoisotopic (exact) mass is 459 g/mol. The highest BCUT2D eigenvalue weighted by Gasteiger charge is 2.33. The summed E-state index contributed by atoms with van der Waals surface area (Å²) in [7, 11) is 0. The SMILES string of the molecule is CC(C)n1nc(CC(=O)Nc2ccc(C(F)(F)F)nn2)c(=O)c2ccc(C(F)(F)F)cc21. The van der Waals surface area contributed by atoms with Crippen LogP contribution >= 0.6 is 0 Å². The van der Waals surface area contributed by atoms with Gasteiger partial charge in [0, 0.05) is 11.4 Å². The summed E-state index contributed by atoms with van der Waals surface area (Å²) in [5.41, 5.74) is -3.23. The van der Waals surface area contributed by atoms with Crippen LogP contribution in [0.5, 0.6) is 0 Å². The van der Waals surface area contributed by atoms with Gasteiger partial charge in [0.25, 0.3) is 0 Å². The zero-order chi connectivity index (χ0) is 23.8. The first-order valence-corrected chi connectivity index (χ1v) is 9.11. The molecular formula is C19H15F6N5O2. The molecule has 0 spiro atoms. The summed E-state index contributed by atoms with van der Waals surface area (Å²) in [5.74, 6) is -1.09. The number of nitrogens with zero attached hydrogens (tertiary/aromatic N) is 4. The lowest BCUT2D eigenvalue weighted by molar-refractivity contribution is -0.141. The van der Waals surface area contributed by atoms with Crippen LogP contribution in [0.25, 0.3) is 10.9 Å². The number of benzene rings is 1. The molecule has 0 aliphatic heterocycles. The molecule has 0 saturated carbocycles. The number of aromatic nitrogens is 4. The molecule has 13 heteroatoms. The maximum atomic E-state index is 13.1. The molecule has 0 unspecified atom stereocenters. The van der Waals surface area contributed by atoms with Crippen molar-refractivity contribution >= 4 is 22.6 Å². The van der Waals surface area contributed by atoms with Crippen LogP contribution in [0, 0.1) is 0 Å². The summed E-state index contributed by atoms with van der Waals surface area (Å²) in [6.45, 7) is 3.28. The van der Waals surface area contributed by atoms with Crippen LogP contribution in [0.15, 0.2) is 35.1 Å². The summed E-state index contributed by atoms with van der Waals surface area (Å²) in [6.07, 6.45) is -9.89. The lowest BCUT2D eigenvalue weighted by Crippen LogP contribution is -2.26. The van der Waals surface area contributed by atoms with Crippen molar-refractivity contribution in [2.75, 3.05) is 5.32 Å². The summed E-state index contributed by atoms with van der Waals surface area (Å²) < 4.78 is 78.0. The zero-order valence-corrected chi connectivity index (χ0v) is 16.5. The van der Waals surface area contributed by atoms with Crippen LogP contribution in [-0.2, 0) is 23.6 Å². The Hall–Kier alpha value is -3.51. The predicted molar refractivity (Wildman–Crippen MR) is 101 cm³/mol. The number of halogens is 6. The van der Waals surface area contributed by atoms with Gasteiger partial charge in [0.15, 0.2) is 11.5 Å². The second-order valence-electron chi connectivity index (χ2n) is 7.07. The summed E-state index contributed by atoms with van der Waals surface area (Å²) in [6, 6.07) is 3.67. The summed E-state index contributed by atoms with van der Waals surface area (Å²) in [5, 5.41) is 12.4. The first kappa shape index (κ1) is 23.2. The molecular weight excluding hydrogens is 444 g/mol. The number of carbonyl (C=O) groups excluding carboxylic acids is 1. The molecule has 1 aromatic carbocycles. The smallest absolute Gasteiger partial charge is 0.309 e. The minimum absolute atomic E-state index is 0.0439. The fourth-order valence-electron chi connectivity index (χ4n) is 2.87. The third-order valence-electron chi connectivity index (χ3n) is 4.35. The van der Waals surface area contributed by atoms with Crippen molar-refractivity contribution in [3.8, 4) is 0 Å². The van der Waals surface area contributed by atoms with E-state index in [9.17, 15) is 35.9 Å². The molecule has 0 bridgehead atoms. The van der Waals surface area contributed by atoms with Crippen LogP contribution in [0.2, 0.25) is 0 Å². The Morgan fingerprint density at radius 1 is 1.03 bits per heavy atom. The fraction of sp³-hybridized carbons (Fsp3) is 0.316. The van der Waals surface area contributed by atoms with Crippen LogP contribution < -0.4 is 10.7 Å². The minimum Gasteiger partial charge on any atom is -0.309 e. The first-order valence-electron chi connectivity index (χ1n) is 9.11. The highest BCUT2D eigenvalue weighted by molar-refractivity contribution is 5.91. The Morgan fingerprint density at radius 3 is 2.25 bits per heavy atom. The van der Waals surface area contributed by atoms with Gasteiger partial charge >= 0.3 is 12.4 Å². The van der Waals surface area contributed by atoms with Crippen molar-refractivity contribution in [1.82, 2.24) is 20.0 Å². The fourth-order valence-corrected chi connectivity index (χ4v) is 2.87. The molecule has 7 nitrogen and oxygen atoms in total. The lowest BCUT2D eigenvalue weighted by Gasteiger charge is -2.16. The molecule has 0 atom stereocenters. The van der Waals surface area contributed by atoms with Crippen LogP contribution in [0.4, 0.5) is 32.2 Å². The molecule has 1 N–H and O–H groups in total. The lowest BCUT2D eigenvalue weighted by atomic mass is 10.1. The standard InChI is InChI=1S/C19H15F6N5O2/c1-9(2)30-13-7-10(18(20,21)22)3-4-11(13)17(32)12(29-30)8-16(31)26-15-6-5-14(27-28-15)19(23,24)25/h3-7,9H,8H2,1-2H3,(H,26,28,31). The van der Waals surface area contributed by atoms with Crippen molar-refractivity contribution in [3.63, 3.8) is 0 Å². The van der Waals surface area contributed by atoms with E-state index in [0.717, 1.165) is 24.3 Å². The largest absolute Gasteiger partial charge is 0.435 e. The maximum Gasteiger partial charge on any atom is 0.435 e. The Kier molecular flexibility index (Phi) is 5.94. The van der Waals surface area contributed by atoms with Gasteiger partial charge in [0.1, 0.15) is 5.69 Å². The van der Waals surface area contributed by atoms with Crippen LogP contribution in [0.3, 0.4) is 0 Å². The minimum atomic E-state index is -4.70. The van der Waals surface area contributed by atoms with Gasteiger partial charge < -0.3 is 5.32 Å². The molecule has 2 heterocycles. The highest BCUT2D eigenvalue weighted by Crippen LogP contribution is 2.31. The van der Waals surface area contributed by atoms with Crippen LogP contribution in [0.1, 0.15) is 36.8 Å². The number of nitrogens with one attached hydrogen (secondary N) is 1. The van der Waals surface area contributed by atoms with Crippen molar-refractivity contribution in [1.29, 1.82) is 0 Å². The third-order valence-corrected chi connectivity index (χ3v) is 4.35. The van der Waals surface area contributed by atoms with E-state index in [1.54, 1.807) is 13.8 Å². The van der Waals surface area contributed by atoms with Crippen molar-refractivity contribution in [2.24, 2.45) is 0 Å². The number of alkyl halides is 6. The quantitative estimate of drug-likeness (QED) is 0.596. The molecule has 3 aromatic rings. The Bertz CT molecular complexity index is 1220. The molecule has 3 rings (SSSR count). The highest BCUT2D eigenvalue weighted by atomic mass is 19.4. The first-order chi connectivity index (χ1) is 14.8. The average Bonchev–Trinajstić information content (AvgIpc) is 2.68. The molecule has 0 fully saturated rings. The molecule has 0 saturated heterocycles. The molecule has 0 aliphatic carbocycles. The van der Waals surface area contributed by atoms with E-state index >= 15 is 0 Å². The van der Waals surface area contributed by atoms with E-state index in [2.05, 4.69) is 20.6 Å². The van der Waals surface area contributed by atoms with Gasteiger partial charge in [-0.2, -0.15) is 31.4 Å². The average molecular weight is 459 g/mol. The second kappa shape index (κ2) is 8.20. The molecule has 1 amide bonds. The van der Waals surface area contributed by atoms with Crippen molar-refractivity contribution < 1.29 is 31.1 Å².